The molecular weight excluding hydrogens is 516 g/mol. The summed E-state index contributed by atoms with van der Waals surface area (Å²) >= 11 is 0. The molecule has 0 unspecified atom stereocenters. The third kappa shape index (κ3) is 10.8. The van der Waals surface area contributed by atoms with Crippen molar-refractivity contribution in [3.63, 3.8) is 0 Å². The van der Waals surface area contributed by atoms with Crippen LogP contribution >= 0.6 is 0 Å². The zero-order valence-corrected chi connectivity index (χ0v) is 25.7. The van der Waals surface area contributed by atoms with Crippen LogP contribution in [0.5, 0.6) is 0 Å². The van der Waals surface area contributed by atoms with Gasteiger partial charge in [0.25, 0.3) is 0 Å². The number of benzene rings is 3. The lowest BCUT2D eigenvalue weighted by Gasteiger charge is -2.35. The van der Waals surface area contributed by atoms with Gasteiger partial charge in [-0.25, -0.2) is 0 Å². The zero-order chi connectivity index (χ0) is 28.8. The molecule has 0 aliphatic carbocycles. The van der Waals surface area contributed by atoms with E-state index < -0.39 is 26.6 Å². The molecule has 6 heteroatoms. The minimum absolute atomic E-state index is 0.119. The summed E-state index contributed by atoms with van der Waals surface area (Å²) < 4.78 is 25.0. The number of aliphatic hydroxyl groups is 1. The van der Waals surface area contributed by atoms with Crippen LogP contribution in [0.2, 0.25) is 18.1 Å². The van der Waals surface area contributed by atoms with Crippen LogP contribution in [0.25, 0.3) is 0 Å². The standard InChI is InChI=1S/C34H46O5Si/c1-34(2,3)40(4,5)39-23-15-22-32(37-25-29-18-11-7-12-19-29)33(38-26-30-20-13-8-14-21-30)31(35)27-36-24-28-16-9-6-10-17-28/h6-22,31-33,35H,23-27H2,1-5H3/t31-,32+,33+/m0/s1. The Balaban J connectivity index is 1.76. The van der Waals surface area contributed by atoms with Crippen molar-refractivity contribution in [3.05, 3.63) is 120 Å². The fourth-order valence-corrected chi connectivity index (χ4v) is 4.79. The number of hydrogen-bond donors (Lipinski definition) is 1. The molecule has 0 saturated heterocycles. The first kappa shape index (κ1) is 31.9. The number of rotatable bonds is 16. The van der Waals surface area contributed by atoms with Gasteiger partial charge in [0.15, 0.2) is 8.32 Å². The molecule has 0 amide bonds. The molecule has 40 heavy (non-hydrogen) atoms. The van der Waals surface area contributed by atoms with Crippen molar-refractivity contribution in [1.82, 2.24) is 0 Å². The van der Waals surface area contributed by atoms with E-state index in [1.165, 1.54) is 0 Å². The molecule has 0 spiro atoms. The molecule has 1 N–H and O–H groups in total. The second kappa shape index (κ2) is 16.0. The Morgan fingerprint density at radius 2 is 1.20 bits per heavy atom. The topological polar surface area (TPSA) is 57.2 Å². The number of ether oxygens (including phenoxy) is 3. The summed E-state index contributed by atoms with van der Waals surface area (Å²) in [5.41, 5.74) is 3.13. The van der Waals surface area contributed by atoms with Crippen LogP contribution in [0.4, 0.5) is 0 Å². The van der Waals surface area contributed by atoms with Gasteiger partial charge in [-0.3, -0.25) is 0 Å². The summed E-state index contributed by atoms with van der Waals surface area (Å²) in [6.45, 7) is 12.9. The normalized spacial score (nSPS) is 14.8. The third-order valence-electron chi connectivity index (χ3n) is 7.35. The number of hydrogen-bond acceptors (Lipinski definition) is 5. The van der Waals surface area contributed by atoms with Gasteiger partial charge in [0, 0.05) is 0 Å². The Hall–Kier alpha value is -2.58. The molecule has 0 aromatic heterocycles. The largest absolute Gasteiger partial charge is 0.413 e. The van der Waals surface area contributed by atoms with Crippen LogP contribution in [-0.4, -0.2) is 44.9 Å². The van der Waals surface area contributed by atoms with Gasteiger partial charge < -0.3 is 23.7 Å². The predicted octanol–water partition coefficient (Wildman–Crippen LogP) is 7.31. The first-order chi connectivity index (χ1) is 19.2. The lowest BCUT2D eigenvalue weighted by Crippen LogP contribution is -2.43. The quantitative estimate of drug-likeness (QED) is 0.147. The summed E-state index contributed by atoms with van der Waals surface area (Å²) in [6, 6.07) is 29.9. The van der Waals surface area contributed by atoms with Gasteiger partial charge >= 0.3 is 0 Å². The van der Waals surface area contributed by atoms with Crippen molar-refractivity contribution < 1.29 is 23.7 Å². The summed E-state index contributed by atoms with van der Waals surface area (Å²) in [5.74, 6) is 0. The van der Waals surface area contributed by atoms with E-state index in [0.29, 0.717) is 26.4 Å². The van der Waals surface area contributed by atoms with Crippen LogP contribution in [0, 0.1) is 0 Å². The molecule has 3 aromatic carbocycles. The molecule has 0 aliphatic rings. The maximum absolute atomic E-state index is 11.3. The van der Waals surface area contributed by atoms with E-state index in [0.717, 1.165) is 16.7 Å². The van der Waals surface area contributed by atoms with E-state index in [2.05, 4.69) is 33.9 Å². The van der Waals surface area contributed by atoms with Gasteiger partial charge in [0.2, 0.25) is 0 Å². The minimum atomic E-state index is -1.90. The second-order valence-electron chi connectivity index (χ2n) is 11.6. The van der Waals surface area contributed by atoms with Gasteiger partial charge in [0.05, 0.1) is 33.0 Å². The number of aliphatic hydroxyl groups excluding tert-OH is 1. The Morgan fingerprint density at radius 3 is 1.70 bits per heavy atom. The molecule has 0 heterocycles. The van der Waals surface area contributed by atoms with Crippen LogP contribution in [0.3, 0.4) is 0 Å². The van der Waals surface area contributed by atoms with E-state index in [1.54, 1.807) is 0 Å². The van der Waals surface area contributed by atoms with E-state index in [1.807, 2.05) is 103 Å². The molecule has 0 saturated carbocycles. The van der Waals surface area contributed by atoms with Crippen molar-refractivity contribution in [2.45, 2.75) is 77.0 Å². The van der Waals surface area contributed by atoms with Crippen LogP contribution in [-0.2, 0) is 38.5 Å². The fraction of sp³-hybridized carbons (Fsp3) is 0.412. The third-order valence-corrected chi connectivity index (χ3v) is 11.8. The predicted molar refractivity (Wildman–Crippen MR) is 164 cm³/mol. The first-order valence-electron chi connectivity index (χ1n) is 14.1. The van der Waals surface area contributed by atoms with Gasteiger partial charge in [-0.15, -0.1) is 0 Å². The second-order valence-corrected chi connectivity index (χ2v) is 16.4. The van der Waals surface area contributed by atoms with Crippen molar-refractivity contribution >= 4 is 8.32 Å². The first-order valence-corrected chi connectivity index (χ1v) is 17.0. The smallest absolute Gasteiger partial charge is 0.192 e. The Bertz CT molecular complexity index is 1110. The minimum Gasteiger partial charge on any atom is -0.413 e. The van der Waals surface area contributed by atoms with Gasteiger partial charge in [-0.2, -0.15) is 0 Å². The zero-order valence-electron chi connectivity index (χ0n) is 24.7. The highest BCUT2D eigenvalue weighted by Gasteiger charge is 2.37. The molecule has 0 radical (unpaired) electrons. The summed E-state index contributed by atoms with van der Waals surface area (Å²) in [5, 5.41) is 11.5. The summed E-state index contributed by atoms with van der Waals surface area (Å²) in [6.07, 6.45) is 1.89. The lowest BCUT2D eigenvalue weighted by atomic mass is 10.1. The SMILES string of the molecule is CC(C)(C)[Si](C)(C)OCC=C[C@@H](OCc1ccccc1)[C@H](OCc1ccccc1)[C@@H](O)COCc1ccccc1. The van der Waals surface area contributed by atoms with E-state index in [-0.39, 0.29) is 11.6 Å². The summed E-state index contributed by atoms with van der Waals surface area (Å²) in [4.78, 5) is 0. The highest BCUT2D eigenvalue weighted by molar-refractivity contribution is 6.74. The Kier molecular flexibility index (Phi) is 12.8. The van der Waals surface area contributed by atoms with Crippen LogP contribution < -0.4 is 0 Å². The molecule has 0 fully saturated rings. The van der Waals surface area contributed by atoms with Crippen molar-refractivity contribution in [2.75, 3.05) is 13.2 Å². The average molecular weight is 563 g/mol. The van der Waals surface area contributed by atoms with Gasteiger partial charge in [0.1, 0.15) is 18.3 Å². The van der Waals surface area contributed by atoms with E-state index >= 15 is 0 Å². The van der Waals surface area contributed by atoms with Crippen molar-refractivity contribution in [3.8, 4) is 0 Å². The molecule has 5 nitrogen and oxygen atoms in total. The molecule has 0 bridgehead atoms. The van der Waals surface area contributed by atoms with Gasteiger partial charge in [-0.05, 0) is 34.8 Å². The van der Waals surface area contributed by atoms with Crippen LogP contribution in [0.15, 0.2) is 103 Å². The van der Waals surface area contributed by atoms with Crippen molar-refractivity contribution in [1.29, 1.82) is 0 Å². The molecule has 3 atom stereocenters. The lowest BCUT2D eigenvalue weighted by molar-refractivity contribution is -0.134. The van der Waals surface area contributed by atoms with Crippen LogP contribution in [0.1, 0.15) is 37.5 Å². The fourth-order valence-electron chi connectivity index (χ4n) is 3.85. The molecule has 3 aromatic rings. The maximum Gasteiger partial charge on any atom is 0.192 e. The maximum atomic E-state index is 11.3. The Morgan fingerprint density at radius 1 is 0.725 bits per heavy atom. The van der Waals surface area contributed by atoms with Crippen molar-refractivity contribution in [2.24, 2.45) is 0 Å². The summed E-state index contributed by atoms with van der Waals surface area (Å²) in [7, 11) is -1.90. The highest BCUT2D eigenvalue weighted by Crippen LogP contribution is 2.36. The molecular formula is C34H46O5Si. The van der Waals surface area contributed by atoms with E-state index in [9.17, 15) is 5.11 Å². The Labute approximate surface area is 241 Å². The van der Waals surface area contributed by atoms with Gasteiger partial charge in [-0.1, -0.05) is 124 Å². The van der Waals surface area contributed by atoms with E-state index in [4.69, 9.17) is 18.6 Å². The molecule has 3 rings (SSSR count). The molecule has 216 valence electrons. The molecule has 0 aliphatic heterocycles. The average Bonchev–Trinajstić information content (AvgIpc) is 2.94. The highest BCUT2D eigenvalue weighted by atomic mass is 28.4. The monoisotopic (exact) mass is 562 g/mol.